The summed E-state index contributed by atoms with van der Waals surface area (Å²) in [6.45, 7) is 6.84. The zero-order valence-corrected chi connectivity index (χ0v) is 22.2. The van der Waals surface area contributed by atoms with Crippen molar-refractivity contribution in [3.8, 4) is 5.69 Å². The van der Waals surface area contributed by atoms with Crippen molar-refractivity contribution in [2.24, 2.45) is 5.92 Å². The molecular weight excluding hydrogens is 507 g/mol. The lowest BCUT2D eigenvalue weighted by atomic mass is 10.1. The first-order valence-corrected chi connectivity index (χ1v) is 13.2. The second-order valence-corrected chi connectivity index (χ2v) is 10.2. The van der Waals surface area contributed by atoms with Gasteiger partial charge in [-0.2, -0.15) is 18.3 Å². The molecule has 4 rings (SSSR count). The Morgan fingerprint density at radius 2 is 1.69 bits per heavy atom. The molecule has 2 aromatic carbocycles. The van der Waals surface area contributed by atoms with Crippen molar-refractivity contribution in [3.63, 3.8) is 0 Å². The van der Waals surface area contributed by atoms with E-state index < -0.39 is 11.7 Å². The van der Waals surface area contributed by atoms with Crippen LogP contribution in [-0.4, -0.2) is 64.1 Å². The summed E-state index contributed by atoms with van der Waals surface area (Å²) in [7, 11) is 0. The monoisotopic (exact) mass is 541 g/mol. The molecule has 10 heteroatoms. The topological polar surface area (TPSA) is 70.5 Å². The number of hydrogen-bond donors (Lipinski definition) is 1. The largest absolute Gasteiger partial charge is 0.416 e. The van der Waals surface area contributed by atoms with Crippen LogP contribution in [0.1, 0.15) is 47.6 Å². The molecule has 0 bridgehead atoms. The number of alkyl halides is 3. The third-order valence-electron chi connectivity index (χ3n) is 6.62. The second kappa shape index (κ2) is 12.5. The molecule has 1 aliphatic heterocycles. The van der Waals surface area contributed by atoms with Crippen LogP contribution in [0.2, 0.25) is 0 Å². The summed E-state index contributed by atoms with van der Waals surface area (Å²) in [5.41, 5.74) is 2.29. The summed E-state index contributed by atoms with van der Waals surface area (Å²) in [5, 5.41) is 7.69. The van der Waals surface area contributed by atoms with Crippen LogP contribution in [0.4, 0.5) is 13.2 Å². The molecule has 1 aliphatic rings. The molecule has 7 nitrogen and oxygen atoms in total. The standard InChI is InChI=1S/C29H34F3N5O2/c1-21(2)17-26-18-24(34-37(26)25-7-4-3-5-8-25)19-33-27(38)20-35-13-6-14-36(16-15-35)28(39)22-9-11-23(12-10-22)29(30,31)32/h3-5,7-12,18,21H,6,13-17,19-20H2,1-2H3,(H,33,38). The molecule has 1 saturated heterocycles. The van der Waals surface area contributed by atoms with Gasteiger partial charge in [-0.3, -0.25) is 14.5 Å². The van der Waals surface area contributed by atoms with E-state index in [-0.39, 0.29) is 23.9 Å². The van der Waals surface area contributed by atoms with E-state index in [1.54, 1.807) is 4.90 Å². The van der Waals surface area contributed by atoms with Gasteiger partial charge in [0, 0.05) is 37.4 Å². The van der Waals surface area contributed by atoms with Crippen molar-refractivity contribution >= 4 is 11.8 Å². The molecule has 0 atom stereocenters. The molecular formula is C29H34F3N5O2. The van der Waals surface area contributed by atoms with Gasteiger partial charge in [0.2, 0.25) is 5.91 Å². The number of nitrogens with one attached hydrogen (secondary N) is 1. The van der Waals surface area contributed by atoms with Gasteiger partial charge < -0.3 is 10.2 Å². The van der Waals surface area contributed by atoms with Gasteiger partial charge in [0.25, 0.3) is 5.91 Å². The Morgan fingerprint density at radius 1 is 0.974 bits per heavy atom. The van der Waals surface area contributed by atoms with Crippen LogP contribution >= 0.6 is 0 Å². The predicted molar refractivity (Wildman–Crippen MR) is 142 cm³/mol. The Hall–Kier alpha value is -3.66. The van der Waals surface area contributed by atoms with Crippen molar-refractivity contribution < 1.29 is 22.8 Å². The first-order valence-electron chi connectivity index (χ1n) is 13.2. The van der Waals surface area contributed by atoms with Gasteiger partial charge in [0.05, 0.1) is 30.0 Å². The molecule has 0 spiro atoms. The van der Waals surface area contributed by atoms with Gasteiger partial charge in [-0.05, 0) is 61.2 Å². The fourth-order valence-corrected chi connectivity index (χ4v) is 4.68. The summed E-state index contributed by atoms with van der Waals surface area (Å²) < 4.78 is 40.4. The molecule has 1 aromatic heterocycles. The summed E-state index contributed by atoms with van der Waals surface area (Å²) in [4.78, 5) is 29.2. The van der Waals surface area contributed by atoms with Crippen LogP contribution in [0.25, 0.3) is 5.69 Å². The van der Waals surface area contributed by atoms with Crippen LogP contribution in [0, 0.1) is 5.92 Å². The molecule has 1 fully saturated rings. The number of amides is 2. The minimum atomic E-state index is -4.44. The smallest absolute Gasteiger partial charge is 0.349 e. The summed E-state index contributed by atoms with van der Waals surface area (Å²) in [6.07, 6.45) is -2.91. The highest BCUT2D eigenvalue weighted by atomic mass is 19.4. The minimum Gasteiger partial charge on any atom is -0.349 e. The molecule has 2 heterocycles. The van der Waals surface area contributed by atoms with Crippen molar-refractivity contribution in [1.29, 1.82) is 0 Å². The maximum Gasteiger partial charge on any atom is 0.416 e. The maximum atomic E-state index is 12.8. The third kappa shape index (κ3) is 7.69. The van der Waals surface area contributed by atoms with Crippen molar-refractivity contribution in [2.45, 2.75) is 39.4 Å². The summed E-state index contributed by atoms with van der Waals surface area (Å²) in [5.74, 6) is 0.0266. The van der Waals surface area contributed by atoms with Gasteiger partial charge in [0.15, 0.2) is 0 Å². The molecule has 1 N–H and O–H groups in total. The Kier molecular flexibility index (Phi) is 9.06. The average molecular weight is 542 g/mol. The van der Waals surface area contributed by atoms with Crippen LogP contribution in [0.5, 0.6) is 0 Å². The number of hydrogen-bond acceptors (Lipinski definition) is 4. The average Bonchev–Trinajstić information content (AvgIpc) is 3.15. The van der Waals surface area contributed by atoms with Gasteiger partial charge in [-0.1, -0.05) is 32.0 Å². The number of rotatable bonds is 8. The number of benzene rings is 2. The molecule has 208 valence electrons. The lowest BCUT2D eigenvalue weighted by Crippen LogP contribution is -2.40. The van der Waals surface area contributed by atoms with Crippen LogP contribution in [0.15, 0.2) is 60.7 Å². The number of para-hydroxylation sites is 1. The maximum absolute atomic E-state index is 12.8. The molecule has 2 amide bonds. The van der Waals surface area contributed by atoms with E-state index >= 15 is 0 Å². The van der Waals surface area contributed by atoms with Crippen LogP contribution in [0.3, 0.4) is 0 Å². The minimum absolute atomic E-state index is 0.128. The van der Waals surface area contributed by atoms with E-state index in [9.17, 15) is 22.8 Å². The number of carbonyl (C=O) groups excluding carboxylic acids is 2. The summed E-state index contributed by atoms with van der Waals surface area (Å²) >= 11 is 0. The second-order valence-electron chi connectivity index (χ2n) is 10.2. The molecule has 3 aromatic rings. The Bertz CT molecular complexity index is 1260. The van der Waals surface area contributed by atoms with E-state index in [2.05, 4.69) is 19.2 Å². The van der Waals surface area contributed by atoms with Crippen molar-refractivity contribution in [3.05, 3.63) is 83.2 Å². The lowest BCUT2D eigenvalue weighted by Gasteiger charge is -2.22. The highest BCUT2D eigenvalue weighted by Gasteiger charge is 2.30. The fourth-order valence-electron chi connectivity index (χ4n) is 4.68. The zero-order chi connectivity index (χ0) is 28.0. The Labute approximate surface area is 226 Å². The van der Waals surface area contributed by atoms with E-state index in [0.717, 1.165) is 35.6 Å². The van der Waals surface area contributed by atoms with Gasteiger partial charge in [0.1, 0.15) is 0 Å². The Morgan fingerprint density at radius 3 is 2.36 bits per heavy atom. The number of aromatic nitrogens is 2. The van der Waals surface area contributed by atoms with Gasteiger partial charge in [-0.25, -0.2) is 4.68 Å². The molecule has 0 radical (unpaired) electrons. The third-order valence-corrected chi connectivity index (χ3v) is 6.62. The molecule has 39 heavy (non-hydrogen) atoms. The van der Waals surface area contributed by atoms with Gasteiger partial charge in [-0.15, -0.1) is 0 Å². The number of halogens is 3. The highest BCUT2D eigenvalue weighted by molar-refractivity contribution is 5.94. The number of nitrogens with zero attached hydrogens (tertiary/aromatic N) is 4. The zero-order valence-electron chi connectivity index (χ0n) is 22.2. The van der Waals surface area contributed by atoms with Crippen molar-refractivity contribution in [2.75, 3.05) is 32.7 Å². The van der Waals surface area contributed by atoms with E-state index in [0.29, 0.717) is 45.1 Å². The quantitative estimate of drug-likeness (QED) is 0.454. The molecule has 0 unspecified atom stereocenters. The van der Waals surface area contributed by atoms with E-state index in [4.69, 9.17) is 5.10 Å². The van der Waals surface area contributed by atoms with Gasteiger partial charge >= 0.3 is 6.18 Å². The highest BCUT2D eigenvalue weighted by Crippen LogP contribution is 2.29. The van der Waals surface area contributed by atoms with E-state index in [1.807, 2.05) is 46.0 Å². The fraction of sp³-hybridized carbons (Fsp3) is 0.414. The van der Waals surface area contributed by atoms with E-state index in [1.165, 1.54) is 12.1 Å². The molecule has 0 aliphatic carbocycles. The first-order chi connectivity index (χ1) is 18.6. The number of carbonyl (C=O) groups is 2. The SMILES string of the molecule is CC(C)Cc1cc(CNC(=O)CN2CCCN(C(=O)c3ccc(C(F)(F)F)cc3)CC2)nn1-c1ccccc1. The molecule has 0 saturated carbocycles. The summed E-state index contributed by atoms with van der Waals surface area (Å²) in [6, 6.07) is 16.2. The van der Waals surface area contributed by atoms with Crippen LogP contribution < -0.4 is 5.32 Å². The van der Waals surface area contributed by atoms with Crippen LogP contribution in [-0.2, 0) is 23.9 Å². The normalized spacial score (nSPS) is 14.9. The first kappa shape index (κ1) is 28.4. The predicted octanol–water partition coefficient (Wildman–Crippen LogP) is 4.55. The Balaban J connectivity index is 1.30. The van der Waals surface area contributed by atoms with Crippen molar-refractivity contribution in [1.82, 2.24) is 24.9 Å². The lowest BCUT2D eigenvalue weighted by molar-refractivity contribution is -0.137.